The van der Waals surface area contributed by atoms with Crippen LogP contribution >= 0.6 is 11.8 Å². The normalized spacial score (nSPS) is 21.5. The van der Waals surface area contributed by atoms with E-state index in [2.05, 4.69) is 5.32 Å². The highest BCUT2D eigenvalue weighted by molar-refractivity contribution is 8.00. The summed E-state index contributed by atoms with van der Waals surface area (Å²) in [5.41, 5.74) is 0. The minimum atomic E-state index is -0.995. The fraction of sp³-hybridized carbons (Fsp3) is 0.769. The van der Waals surface area contributed by atoms with Crippen molar-refractivity contribution in [3.63, 3.8) is 0 Å². The van der Waals surface area contributed by atoms with E-state index < -0.39 is 18.0 Å². The van der Waals surface area contributed by atoms with Crippen LogP contribution in [0.15, 0.2) is 0 Å². The van der Waals surface area contributed by atoms with Crippen LogP contribution in [0.1, 0.15) is 20.3 Å². The first-order chi connectivity index (χ1) is 9.75. The molecule has 0 radical (unpaired) electrons. The molecule has 2 N–H and O–H groups in total. The van der Waals surface area contributed by atoms with Crippen LogP contribution in [-0.4, -0.2) is 70.6 Å². The van der Waals surface area contributed by atoms with Crippen molar-refractivity contribution in [1.82, 2.24) is 15.1 Å². The molecule has 21 heavy (non-hydrogen) atoms. The number of aliphatic carboxylic acids is 1. The summed E-state index contributed by atoms with van der Waals surface area (Å²) >= 11 is 1.48. The van der Waals surface area contributed by atoms with Crippen molar-refractivity contribution in [1.29, 1.82) is 0 Å². The summed E-state index contributed by atoms with van der Waals surface area (Å²) in [4.78, 5) is 37.8. The molecule has 0 saturated carbocycles. The van der Waals surface area contributed by atoms with E-state index in [4.69, 9.17) is 0 Å². The predicted molar refractivity (Wildman–Crippen MR) is 81.1 cm³/mol. The van der Waals surface area contributed by atoms with Crippen molar-refractivity contribution in [3.05, 3.63) is 0 Å². The summed E-state index contributed by atoms with van der Waals surface area (Å²) in [6.07, 6.45) is 0.198. The Balaban J connectivity index is 2.63. The zero-order valence-corrected chi connectivity index (χ0v) is 13.6. The van der Waals surface area contributed by atoms with Gasteiger partial charge in [0.25, 0.3) is 0 Å². The Morgan fingerprint density at radius 3 is 2.48 bits per heavy atom. The molecular weight excluding hydrogens is 294 g/mol. The first-order valence-electron chi connectivity index (χ1n) is 6.86. The Morgan fingerprint density at radius 2 is 2.00 bits per heavy atom. The summed E-state index contributed by atoms with van der Waals surface area (Å²) in [5, 5.41) is 11.7. The van der Waals surface area contributed by atoms with Gasteiger partial charge in [0, 0.05) is 32.8 Å². The fourth-order valence-electron chi connectivity index (χ4n) is 2.08. The Morgan fingerprint density at radius 1 is 1.38 bits per heavy atom. The molecule has 1 aliphatic rings. The van der Waals surface area contributed by atoms with Crippen molar-refractivity contribution in [3.8, 4) is 0 Å². The van der Waals surface area contributed by atoms with Crippen LogP contribution in [0.4, 0.5) is 4.79 Å². The molecule has 1 rings (SSSR count). The van der Waals surface area contributed by atoms with E-state index >= 15 is 0 Å². The first kappa shape index (κ1) is 17.6. The van der Waals surface area contributed by atoms with Gasteiger partial charge in [0.1, 0.15) is 6.04 Å². The van der Waals surface area contributed by atoms with Gasteiger partial charge in [-0.15, -0.1) is 11.8 Å². The Hall–Kier alpha value is -1.44. The van der Waals surface area contributed by atoms with Crippen LogP contribution in [0, 0.1) is 5.92 Å². The standard InChI is InChI=1S/C13H23N3O4S/c1-8(2)11-16(9(7-21-11)12(18)19)13(20)14-6-5-10(17)15(3)4/h8-9,11H,5-7H2,1-4H3,(H,14,20)(H,18,19). The molecule has 1 saturated heterocycles. The molecule has 2 atom stereocenters. The topological polar surface area (TPSA) is 90.0 Å². The third-order valence-electron chi connectivity index (χ3n) is 3.24. The van der Waals surface area contributed by atoms with Gasteiger partial charge in [-0.2, -0.15) is 0 Å². The van der Waals surface area contributed by atoms with E-state index in [-0.39, 0.29) is 30.2 Å². The van der Waals surface area contributed by atoms with Crippen LogP contribution in [0.3, 0.4) is 0 Å². The van der Waals surface area contributed by atoms with Crippen molar-refractivity contribution in [2.75, 3.05) is 26.4 Å². The number of urea groups is 1. The molecule has 120 valence electrons. The first-order valence-corrected chi connectivity index (χ1v) is 7.91. The number of rotatable bonds is 5. The van der Waals surface area contributed by atoms with E-state index in [0.717, 1.165) is 0 Å². The minimum Gasteiger partial charge on any atom is -0.480 e. The van der Waals surface area contributed by atoms with Crippen LogP contribution in [0.2, 0.25) is 0 Å². The number of amides is 3. The third kappa shape index (κ3) is 4.52. The quantitative estimate of drug-likeness (QED) is 0.777. The molecule has 0 aromatic rings. The van der Waals surface area contributed by atoms with E-state index in [0.29, 0.717) is 5.75 Å². The molecule has 0 bridgehead atoms. The largest absolute Gasteiger partial charge is 0.480 e. The number of carbonyl (C=O) groups excluding carboxylic acids is 2. The Labute approximate surface area is 129 Å². The zero-order valence-electron chi connectivity index (χ0n) is 12.8. The average molecular weight is 317 g/mol. The second-order valence-corrected chi connectivity index (χ2v) is 6.65. The van der Waals surface area contributed by atoms with Gasteiger partial charge in [-0.3, -0.25) is 9.69 Å². The second kappa shape index (κ2) is 7.53. The maximum atomic E-state index is 12.2. The van der Waals surface area contributed by atoms with Gasteiger partial charge < -0.3 is 15.3 Å². The number of carbonyl (C=O) groups is 3. The molecule has 0 aliphatic carbocycles. The summed E-state index contributed by atoms with van der Waals surface area (Å²) in [6.45, 7) is 4.11. The molecule has 1 heterocycles. The van der Waals surface area contributed by atoms with Crippen molar-refractivity contribution in [2.45, 2.75) is 31.7 Å². The lowest BCUT2D eigenvalue weighted by molar-refractivity contribution is -0.141. The summed E-state index contributed by atoms with van der Waals surface area (Å²) < 4.78 is 0. The number of carboxylic acid groups (broad SMARTS) is 1. The molecule has 1 aliphatic heterocycles. The number of nitrogens with zero attached hydrogens (tertiary/aromatic N) is 2. The molecule has 0 aromatic heterocycles. The van der Waals surface area contributed by atoms with Crippen LogP contribution in [-0.2, 0) is 9.59 Å². The predicted octanol–water partition coefficient (Wildman–Crippen LogP) is 0.658. The molecular formula is C13H23N3O4S. The fourth-order valence-corrected chi connectivity index (χ4v) is 3.55. The summed E-state index contributed by atoms with van der Waals surface area (Å²) in [7, 11) is 3.30. The number of nitrogens with one attached hydrogen (secondary N) is 1. The lowest BCUT2D eigenvalue weighted by Gasteiger charge is -2.29. The molecule has 7 nitrogen and oxygen atoms in total. The van der Waals surface area contributed by atoms with Crippen LogP contribution in [0.25, 0.3) is 0 Å². The average Bonchev–Trinajstić information content (AvgIpc) is 2.83. The smallest absolute Gasteiger partial charge is 0.327 e. The van der Waals surface area contributed by atoms with Crippen LogP contribution < -0.4 is 5.32 Å². The maximum Gasteiger partial charge on any atom is 0.327 e. The van der Waals surface area contributed by atoms with Gasteiger partial charge in [-0.05, 0) is 5.92 Å². The van der Waals surface area contributed by atoms with Gasteiger partial charge in [-0.25, -0.2) is 9.59 Å². The van der Waals surface area contributed by atoms with E-state index in [1.807, 2.05) is 13.8 Å². The molecule has 2 unspecified atom stereocenters. The van der Waals surface area contributed by atoms with E-state index in [1.54, 1.807) is 14.1 Å². The SMILES string of the molecule is CC(C)C1SCC(C(=O)O)N1C(=O)NCCC(=O)N(C)C. The molecule has 0 aromatic carbocycles. The zero-order chi connectivity index (χ0) is 16.2. The second-order valence-electron chi connectivity index (χ2n) is 5.50. The van der Waals surface area contributed by atoms with E-state index in [1.165, 1.54) is 21.6 Å². The highest BCUT2D eigenvalue weighted by Gasteiger charge is 2.42. The van der Waals surface area contributed by atoms with Gasteiger partial charge in [-0.1, -0.05) is 13.8 Å². The van der Waals surface area contributed by atoms with Crippen molar-refractivity contribution >= 4 is 29.7 Å². The molecule has 8 heteroatoms. The van der Waals surface area contributed by atoms with Gasteiger partial charge >= 0.3 is 12.0 Å². The number of carboxylic acids is 1. The van der Waals surface area contributed by atoms with Gasteiger partial charge in [0.05, 0.1) is 5.37 Å². The Bertz CT molecular complexity index is 414. The Kier molecular flexibility index (Phi) is 6.32. The highest BCUT2D eigenvalue weighted by atomic mass is 32.2. The maximum absolute atomic E-state index is 12.2. The number of thioether (sulfide) groups is 1. The monoisotopic (exact) mass is 317 g/mol. The van der Waals surface area contributed by atoms with Crippen molar-refractivity contribution < 1.29 is 19.5 Å². The molecule has 0 spiro atoms. The van der Waals surface area contributed by atoms with Gasteiger partial charge in [0.2, 0.25) is 5.91 Å². The third-order valence-corrected chi connectivity index (χ3v) is 4.86. The lowest BCUT2D eigenvalue weighted by Crippen LogP contribution is -2.51. The summed E-state index contributed by atoms with van der Waals surface area (Å²) in [5.74, 6) is -0.526. The number of hydrogen-bond donors (Lipinski definition) is 2. The molecule has 1 fully saturated rings. The minimum absolute atomic E-state index is 0.0821. The van der Waals surface area contributed by atoms with Crippen LogP contribution in [0.5, 0.6) is 0 Å². The lowest BCUT2D eigenvalue weighted by atomic mass is 10.2. The molecule has 3 amide bonds. The van der Waals surface area contributed by atoms with E-state index in [9.17, 15) is 19.5 Å². The van der Waals surface area contributed by atoms with Crippen molar-refractivity contribution in [2.24, 2.45) is 5.92 Å². The summed E-state index contributed by atoms with van der Waals surface area (Å²) in [6, 6.07) is -1.23. The highest BCUT2D eigenvalue weighted by Crippen LogP contribution is 2.33. The van der Waals surface area contributed by atoms with Gasteiger partial charge in [0.15, 0.2) is 0 Å². The number of hydrogen-bond acceptors (Lipinski definition) is 4.